The lowest BCUT2D eigenvalue weighted by atomic mass is 10.0. The lowest BCUT2D eigenvalue weighted by Gasteiger charge is -2.15. The molecule has 0 saturated carbocycles. The number of aromatic nitrogens is 1. The van der Waals surface area contributed by atoms with Gasteiger partial charge in [0.15, 0.2) is 5.43 Å². The van der Waals surface area contributed by atoms with Crippen LogP contribution in [-0.4, -0.2) is 31.2 Å². The molecule has 0 aliphatic carbocycles. The molecule has 35 heavy (non-hydrogen) atoms. The van der Waals surface area contributed by atoms with Crippen LogP contribution >= 0.6 is 0 Å². The molecule has 3 aromatic carbocycles. The van der Waals surface area contributed by atoms with Gasteiger partial charge in [0.05, 0.1) is 34.2 Å². The van der Waals surface area contributed by atoms with E-state index >= 15 is 0 Å². The van der Waals surface area contributed by atoms with Gasteiger partial charge in [0.25, 0.3) is 5.91 Å². The number of amides is 1. The first-order valence-corrected chi connectivity index (χ1v) is 11.0. The molecule has 4 aromatic rings. The van der Waals surface area contributed by atoms with Crippen LogP contribution in [0.5, 0.6) is 0 Å². The van der Waals surface area contributed by atoms with E-state index in [1.54, 1.807) is 24.3 Å². The Balaban J connectivity index is 1.77. The number of ether oxygens (including phenoxy) is 1. The fraction of sp³-hybridized carbons (Fsp3) is 0.231. The Morgan fingerprint density at radius 1 is 1.03 bits per heavy atom. The van der Waals surface area contributed by atoms with Crippen LogP contribution in [0.3, 0.4) is 0 Å². The van der Waals surface area contributed by atoms with E-state index in [-0.39, 0.29) is 17.9 Å². The number of methoxy groups -OCH3 is 1. The zero-order valence-electron chi connectivity index (χ0n) is 19.2. The normalized spacial score (nSPS) is 11.7. The topological polar surface area (TPSA) is 83.2 Å². The molecule has 0 bridgehead atoms. The van der Waals surface area contributed by atoms with Gasteiger partial charge in [0.1, 0.15) is 0 Å². The minimum atomic E-state index is -4.41. The van der Waals surface area contributed by atoms with Gasteiger partial charge in [-0.2, -0.15) is 13.2 Å². The Labute approximate surface area is 199 Å². The summed E-state index contributed by atoms with van der Waals surface area (Å²) in [5, 5.41) is 6.70. The van der Waals surface area contributed by atoms with Crippen LogP contribution in [0.2, 0.25) is 0 Å². The molecule has 0 aliphatic rings. The second-order valence-electron chi connectivity index (χ2n) is 8.16. The average molecular weight is 483 g/mol. The maximum absolute atomic E-state index is 13.5. The highest BCUT2D eigenvalue weighted by molar-refractivity contribution is 6.11. The summed E-state index contributed by atoms with van der Waals surface area (Å²) in [7, 11) is 1.53. The third kappa shape index (κ3) is 5.00. The van der Waals surface area contributed by atoms with Crippen molar-refractivity contribution >= 4 is 33.4 Å². The zero-order chi connectivity index (χ0) is 25.2. The number of rotatable bonds is 7. The van der Waals surface area contributed by atoms with Crippen molar-refractivity contribution in [3.63, 3.8) is 0 Å². The number of para-hydroxylation sites is 1. The van der Waals surface area contributed by atoms with Crippen molar-refractivity contribution in [1.29, 1.82) is 0 Å². The number of pyridine rings is 1. The van der Waals surface area contributed by atoms with E-state index in [0.717, 1.165) is 17.7 Å². The maximum Gasteiger partial charge on any atom is 0.416 e. The number of alkyl halides is 3. The van der Waals surface area contributed by atoms with Crippen molar-refractivity contribution in [2.75, 3.05) is 25.6 Å². The van der Waals surface area contributed by atoms with Gasteiger partial charge in [0, 0.05) is 31.3 Å². The molecule has 0 atom stereocenters. The van der Waals surface area contributed by atoms with Gasteiger partial charge >= 0.3 is 6.18 Å². The minimum Gasteiger partial charge on any atom is -0.383 e. The van der Waals surface area contributed by atoms with Crippen LogP contribution in [-0.2, 0) is 17.5 Å². The number of H-pyrrole nitrogens is 1. The van der Waals surface area contributed by atoms with Crippen LogP contribution in [0.15, 0.2) is 59.4 Å². The van der Waals surface area contributed by atoms with Gasteiger partial charge in [-0.1, -0.05) is 24.3 Å². The Kier molecular flexibility index (Phi) is 6.79. The molecule has 6 nitrogen and oxygen atoms in total. The van der Waals surface area contributed by atoms with Crippen LogP contribution in [0.1, 0.15) is 27.0 Å². The number of fused-ring (bicyclic) bond motifs is 2. The number of carbonyl (C=O) groups excluding carboxylic acids is 1. The van der Waals surface area contributed by atoms with Crippen molar-refractivity contribution in [2.24, 2.45) is 0 Å². The Morgan fingerprint density at radius 3 is 2.46 bits per heavy atom. The first-order chi connectivity index (χ1) is 16.7. The van der Waals surface area contributed by atoms with Crippen molar-refractivity contribution in [3.8, 4) is 0 Å². The van der Waals surface area contributed by atoms with Gasteiger partial charge in [-0.05, 0) is 48.4 Å². The molecule has 1 amide bonds. The van der Waals surface area contributed by atoms with Gasteiger partial charge in [0.2, 0.25) is 0 Å². The summed E-state index contributed by atoms with van der Waals surface area (Å²) in [4.78, 5) is 29.7. The summed E-state index contributed by atoms with van der Waals surface area (Å²) in [5.41, 5.74) is 2.28. The van der Waals surface area contributed by atoms with Crippen LogP contribution in [0.25, 0.3) is 21.8 Å². The molecular formula is C26H24F3N3O3. The summed E-state index contributed by atoms with van der Waals surface area (Å²) in [6.07, 6.45) is -4.41. The number of benzene rings is 3. The molecule has 0 radical (unpaired) electrons. The molecule has 182 valence electrons. The fourth-order valence-corrected chi connectivity index (χ4v) is 3.96. The van der Waals surface area contributed by atoms with E-state index in [4.69, 9.17) is 4.74 Å². The average Bonchev–Trinajstić information content (AvgIpc) is 2.83. The summed E-state index contributed by atoms with van der Waals surface area (Å²) in [6, 6.07) is 13.4. The van der Waals surface area contributed by atoms with Crippen molar-refractivity contribution in [1.82, 2.24) is 10.3 Å². The van der Waals surface area contributed by atoms with E-state index in [1.807, 2.05) is 13.0 Å². The largest absolute Gasteiger partial charge is 0.416 e. The first-order valence-electron chi connectivity index (χ1n) is 11.0. The SMILES string of the molecule is COCCNC(=O)c1ccc(NCc2ccc(C(F)(F)F)cc2)c2c(=O)c3cccc(C)c3[nH]c12. The lowest BCUT2D eigenvalue weighted by molar-refractivity contribution is -0.137. The summed E-state index contributed by atoms with van der Waals surface area (Å²) < 4.78 is 43.5. The first kappa shape index (κ1) is 24.3. The number of nitrogens with one attached hydrogen (secondary N) is 3. The van der Waals surface area contributed by atoms with E-state index in [0.29, 0.717) is 51.8 Å². The number of halogens is 3. The van der Waals surface area contributed by atoms with E-state index in [2.05, 4.69) is 15.6 Å². The molecule has 0 aliphatic heterocycles. The number of carbonyl (C=O) groups is 1. The van der Waals surface area contributed by atoms with Crippen LogP contribution in [0.4, 0.5) is 18.9 Å². The molecular weight excluding hydrogens is 459 g/mol. The third-order valence-corrected chi connectivity index (χ3v) is 5.80. The molecule has 0 fully saturated rings. The van der Waals surface area contributed by atoms with E-state index < -0.39 is 11.7 Å². The highest BCUT2D eigenvalue weighted by Gasteiger charge is 2.29. The fourth-order valence-electron chi connectivity index (χ4n) is 3.96. The zero-order valence-corrected chi connectivity index (χ0v) is 19.2. The molecule has 1 aromatic heterocycles. The van der Waals surface area contributed by atoms with Crippen molar-refractivity contribution in [2.45, 2.75) is 19.6 Å². The van der Waals surface area contributed by atoms with Gasteiger partial charge < -0.3 is 20.4 Å². The predicted octanol–water partition coefficient (Wildman–Crippen LogP) is 5.00. The Morgan fingerprint density at radius 2 is 1.77 bits per heavy atom. The molecule has 9 heteroatoms. The summed E-state index contributed by atoms with van der Waals surface area (Å²) >= 11 is 0. The molecule has 0 unspecified atom stereocenters. The molecule has 1 heterocycles. The molecule has 0 spiro atoms. The van der Waals surface area contributed by atoms with E-state index in [9.17, 15) is 22.8 Å². The molecule has 4 rings (SSSR count). The third-order valence-electron chi connectivity index (χ3n) is 5.80. The van der Waals surface area contributed by atoms with Gasteiger partial charge in [-0.25, -0.2) is 0 Å². The number of aryl methyl sites for hydroxylation is 1. The predicted molar refractivity (Wildman–Crippen MR) is 130 cm³/mol. The lowest BCUT2D eigenvalue weighted by Crippen LogP contribution is -2.27. The van der Waals surface area contributed by atoms with Crippen LogP contribution in [0, 0.1) is 6.92 Å². The van der Waals surface area contributed by atoms with E-state index in [1.165, 1.54) is 19.2 Å². The number of aromatic amines is 1. The highest BCUT2D eigenvalue weighted by atomic mass is 19.4. The quantitative estimate of drug-likeness (QED) is 0.255. The highest BCUT2D eigenvalue weighted by Crippen LogP contribution is 2.30. The number of hydrogen-bond acceptors (Lipinski definition) is 4. The molecule has 3 N–H and O–H groups in total. The van der Waals surface area contributed by atoms with Crippen molar-refractivity contribution < 1.29 is 22.7 Å². The summed E-state index contributed by atoms with van der Waals surface area (Å²) in [6.45, 7) is 2.71. The van der Waals surface area contributed by atoms with Gasteiger partial charge in [-0.3, -0.25) is 9.59 Å². The second kappa shape index (κ2) is 9.79. The monoisotopic (exact) mass is 483 g/mol. The maximum atomic E-state index is 13.5. The molecule has 0 saturated heterocycles. The number of anilines is 1. The van der Waals surface area contributed by atoms with Crippen LogP contribution < -0.4 is 16.1 Å². The Hall–Kier alpha value is -3.85. The Bertz CT molecular complexity index is 1440. The second-order valence-corrected chi connectivity index (χ2v) is 8.16. The number of hydrogen-bond donors (Lipinski definition) is 3. The summed E-state index contributed by atoms with van der Waals surface area (Å²) in [5.74, 6) is -0.357. The standard InChI is InChI=1S/C26H24F3N3O3/c1-15-4-3-5-18-22(15)32-23-19(25(34)30-12-13-35-2)10-11-20(21(23)24(18)33)31-14-16-6-8-17(9-7-16)26(27,28)29/h3-11,31H,12-14H2,1-2H3,(H,30,34)(H,32,33). The van der Waals surface area contributed by atoms with Crippen molar-refractivity contribution in [3.05, 3.63) is 87.1 Å². The smallest absolute Gasteiger partial charge is 0.383 e. The minimum absolute atomic E-state index is 0.192. The van der Waals surface area contributed by atoms with Gasteiger partial charge in [-0.15, -0.1) is 0 Å².